The normalized spacial score (nSPS) is 17.9. The second kappa shape index (κ2) is 7.53. The molecular weight excluding hydrogens is 311 g/mol. The summed E-state index contributed by atoms with van der Waals surface area (Å²) in [4.78, 5) is 14.5. The third-order valence-corrected chi connectivity index (χ3v) is 4.29. The van der Waals surface area contributed by atoms with Crippen molar-refractivity contribution in [3.05, 3.63) is 47.5 Å². The van der Waals surface area contributed by atoms with E-state index in [1.807, 2.05) is 4.90 Å². The fourth-order valence-corrected chi connectivity index (χ4v) is 3.06. The zero-order valence-corrected chi connectivity index (χ0v) is 13.7. The first-order valence-electron chi connectivity index (χ1n) is 8.12. The highest BCUT2D eigenvalue weighted by molar-refractivity contribution is 5.92. The molecule has 1 aliphatic rings. The fraction of sp³-hybridized carbons (Fsp3) is 0.471. The van der Waals surface area contributed by atoms with Crippen LogP contribution in [0.15, 0.2) is 30.5 Å². The van der Waals surface area contributed by atoms with Gasteiger partial charge in [-0.2, -0.15) is 0 Å². The van der Waals surface area contributed by atoms with E-state index in [1.165, 1.54) is 10.7 Å². The summed E-state index contributed by atoms with van der Waals surface area (Å²) in [6.45, 7) is 1.47. The Morgan fingerprint density at radius 3 is 3.00 bits per heavy atom. The van der Waals surface area contributed by atoms with Crippen LogP contribution in [0, 0.1) is 5.82 Å². The van der Waals surface area contributed by atoms with Crippen molar-refractivity contribution >= 4 is 5.91 Å². The largest absolute Gasteiger partial charge is 0.383 e. The van der Waals surface area contributed by atoms with Gasteiger partial charge in [-0.3, -0.25) is 4.79 Å². The van der Waals surface area contributed by atoms with Gasteiger partial charge in [-0.05, 0) is 25.3 Å². The summed E-state index contributed by atoms with van der Waals surface area (Å²) in [7, 11) is 1.64. The number of amides is 1. The Bertz CT molecular complexity index is 701. The maximum absolute atomic E-state index is 13.7. The van der Waals surface area contributed by atoms with E-state index in [9.17, 15) is 9.18 Å². The van der Waals surface area contributed by atoms with Crippen molar-refractivity contribution in [2.45, 2.75) is 31.8 Å². The van der Waals surface area contributed by atoms with Crippen LogP contribution < -0.4 is 0 Å². The van der Waals surface area contributed by atoms with Crippen LogP contribution in [-0.2, 0) is 11.3 Å². The zero-order valence-electron chi connectivity index (χ0n) is 13.7. The number of hydrogen-bond donors (Lipinski definition) is 0. The molecule has 1 aliphatic heterocycles. The van der Waals surface area contributed by atoms with E-state index >= 15 is 0 Å². The lowest BCUT2D eigenvalue weighted by Gasteiger charge is -2.34. The van der Waals surface area contributed by atoms with Crippen LogP contribution in [0.4, 0.5) is 4.39 Å². The molecule has 1 fully saturated rings. The minimum Gasteiger partial charge on any atom is -0.383 e. The van der Waals surface area contributed by atoms with E-state index < -0.39 is 0 Å². The quantitative estimate of drug-likeness (QED) is 0.841. The standard InChI is InChI=1S/C17H21FN4O2/c1-24-12-14-7-4-5-9-22(14)17(23)16-11-21(20-19-16)10-13-6-2-3-8-15(13)18/h2-3,6,8,11,14H,4-5,7,9-10,12H2,1H3/t14-/m0/s1. The first-order valence-corrected chi connectivity index (χ1v) is 8.12. The Morgan fingerprint density at radius 2 is 2.21 bits per heavy atom. The second-order valence-corrected chi connectivity index (χ2v) is 6.00. The van der Waals surface area contributed by atoms with Crippen molar-refractivity contribution in [1.82, 2.24) is 19.9 Å². The van der Waals surface area contributed by atoms with Gasteiger partial charge >= 0.3 is 0 Å². The molecule has 1 aromatic heterocycles. The van der Waals surface area contributed by atoms with Gasteiger partial charge in [-0.25, -0.2) is 9.07 Å². The molecule has 1 atom stereocenters. The molecule has 6 nitrogen and oxygen atoms in total. The second-order valence-electron chi connectivity index (χ2n) is 6.00. The van der Waals surface area contributed by atoms with Crippen LogP contribution in [0.2, 0.25) is 0 Å². The number of benzene rings is 1. The van der Waals surface area contributed by atoms with Crippen LogP contribution >= 0.6 is 0 Å². The van der Waals surface area contributed by atoms with Crippen molar-refractivity contribution in [1.29, 1.82) is 0 Å². The average Bonchev–Trinajstić information content (AvgIpc) is 3.06. The Kier molecular flexibility index (Phi) is 5.20. The summed E-state index contributed by atoms with van der Waals surface area (Å²) >= 11 is 0. The highest BCUT2D eigenvalue weighted by atomic mass is 19.1. The average molecular weight is 332 g/mol. The number of carbonyl (C=O) groups is 1. The number of hydrogen-bond acceptors (Lipinski definition) is 4. The number of halogens is 1. The molecule has 0 unspecified atom stereocenters. The zero-order chi connectivity index (χ0) is 16.9. The lowest BCUT2D eigenvalue weighted by atomic mass is 10.0. The molecule has 2 heterocycles. The number of carbonyl (C=O) groups excluding carboxylic acids is 1. The fourth-order valence-electron chi connectivity index (χ4n) is 3.06. The van der Waals surface area contributed by atoms with E-state index in [1.54, 1.807) is 31.5 Å². The highest BCUT2D eigenvalue weighted by Crippen LogP contribution is 2.19. The predicted octanol–water partition coefficient (Wildman–Crippen LogP) is 2.11. The van der Waals surface area contributed by atoms with E-state index in [0.717, 1.165) is 19.3 Å². The third kappa shape index (κ3) is 3.62. The molecule has 1 amide bonds. The summed E-state index contributed by atoms with van der Waals surface area (Å²) in [6, 6.07) is 6.58. The molecule has 3 rings (SSSR count). The van der Waals surface area contributed by atoms with Crippen LogP contribution in [0.5, 0.6) is 0 Å². The van der Waals surface area contributed by atoms with Gasteiger partial charge in [0.15, 0.2) is 5.69 Å². The number of rotatable bonds is 5. The summed E-state index contributed by atoms with van der Waals surface area (Å²) in [5.41, 5.74) is 0.797. The number of piperidine rings is 1. The summed E-state index contributed by atoms with van der Waals surface area (Å²) < 4.78 is 20.4. The first kappa shape index (κ1) is 16.6. The van der Waals surface area contributed by atoms with E-state index in [2.05, 4.69) is 10.3 Å². The van der Waals surface area contributed by atoms with E-state index in [0.29, 0.717) is 18.7 Å². The molecule has 2 aromatic rings. The minimum absolute atomic E-state index is 0.0768. The van der Waals surface area contributed by atoms with Crippen LogP contribution in [-0.4, -0.2) is 52.1 Å². The monoisotopic (exact) mass is 332 g/mol. The Hall–Kier alpha value is -2.28. The molecule has 0 spiro atoms. The predicted molar refractivity (Wildman–Crippen MR) is 86.1 cm³/mol. The topological polar surface area (TPSA) is 60.2 Å². The smallest absolute Gasteiger partial charge is 0.276 e. The Morgan fingerprint density at radius 1 is 1.38 bits per heavy atom. The minimum atomic E-state index is -0.294. The number of likely N-dealkylation sites (tertiary alicyclic amines) is 1. The van der Waals surface area contributed by atoms with Crippen molar-refractivity contribution in [2.75, 3.05) is 20.3 Å². The van der Waals surface area contributed by atoms with Crippen molar-refractivity contribution in [3.8, 4) is 0 Å². The lowest BCUT2D eigenvalue weighted by Crippen LogP contribution is -2.46. The summed E-state index contributed by atoms with van der Waals surface area (Å²) in [5, 5.41) is 7.93. The highest BCUT2D eigenvalue weighted by Gasteiger charge is 2.29. The van der Waals surface area contributed by atoms with E-state index in [4.69, 9.17) is 4.74 Å². The van der Waals surface area contributed by atoms with Gasteiger partial charge in [0.1, 0.15) is 5.82 Å². The Balaban J connectivity index is 1.72. The van der Waals surface area contributed by atoms with Crippen LogP contribution in [0.3, 0.4) is 0 Å². The van der Waals surface area contributed by atoms with Crippen molar-refractivity contribution in [2.24, 2.45) is 0 Å². The number of methoxy groups -OCH3 is 1. The molecule has 1 aromatic carbocycles. The van der Waals surface area contributed by atoms with E-state index in [-0.39, 0.29) is 30.0 Å². The molecule has 0 bridgehead atoms. The van der Waals surface area contributed by atoms with Gasteiger partial charge in [0.25, 0.3) is 5.91 Å². The lowest BCUT2D eigenvalue weighted by molar-refractivity contribution is 0.0423. The molecule has 24 heavy (non-hydrogen) atoms. The first-order chi connectivity index (χ1) is 11.7. The van der Waals surface area contributed by atoms with Gasteiger partial charge in [0, 0.05) is 19.2 Å². The summed E-state index contributed by atoms with van der Waals surface area (Å²) in [5.74, 6) is -0.436. The number of aromatic nitrogens is 3. The molecule has 0 radical (unpaired) electrons. The molecule has 1 saturated heterocycles. The van der Waals surface area contributed by atoms with Crippen LogP contribution in [0.25, 0.3) is 0 Å². The molecule has 0 saturated carbocycles. The number of ether oxygens (including phenoxy) is 1. The van der Waals surface area contributed by atoms with Crippen molar-refractivity contribution < 1.29 is 13.9 Å². The van der Waals surface area contributed by atoms with Gasteiger partial charge in [-0.1, -0.05) is 23.4 Å². The molecule has 128 valence electrons. The van der Waals surface area contributed by atoms with Gasteiger partial charge in [0.2, 0.25) is 0 Å². The summed E-state index contributed by atoms with van der Waals surface area (Å²) in [6.07, 6.45) is 4.59. The maximum atomic E-state index is 13.7. The Labute approximate surface area is 140 Å². The van der Waals surface area contributed by atoms with Crippen LogP contribution in [0.1, 0.15) is 35.3 Å². The molecule has 7 heteroatoms. The third-order valence-electron chi connectivity index (χ3n) is 4.29. The molecule has 0 N–H and O–H groups in total. The molecule has 0 aliphatic carbocycles. The number of nitrogens with zero attached hydrogens (tertiary/aromatic N) is 4. The van der Waals surface area contributed by atoms with Gasteiger partial charge in [-0.15, -0.1) is 5.10 Å². The van der Waals surface area contributed by atoms with Crippen molar-refractivity contribution in [3.63, 3.8) is 0 Å². The van der Waals surface area contributed by atoms with Gasteiger partial charge < -0.3 is 9.64 Å². The SMILES string of the molecule is COC[C@@H]1CCCCN1C(=O)c1cn(Cc2ccccc2F)nn1. The van der Waals surface area contributed by atoms with Gasteiger partial charge in [0.05, 0.1) is 25.4 Å². The molecular formula is C17H21FN4O2. The maximum Gasteiger partial charge on any atom is 0.276 e.